The maximum Gasteiger partial charge on any atom is 0.107 e. The molecule has 1 aromatic rings. The van der Waals surface area contributed by atoms with E-state index in [1.165, 1.54) is 10.7 Å². The van der Waals surface area contributed by atoms with E-state index in [4.69, 9.17) is 5.73 Å². The number of thiazole rings is 1. The van der Waals surface area contributed by atoms with Crippen molar-refractivity contribution in [3.8, 4) is 0 Å². The monoisotopic (exact) mass is 263 g/mol. The second-order valence-electron chi connectivity index (χ2n) is 3.98. The minimum absolute atomic E-state index is 0. The van der Waals surface area contributed by atoms with Gasteiger partial charge in [-0.15, -0.1) is 23.7 Å². The molecule has 16 heavy (non-hydrogen) atoms. The number of nitrogens with two attached hydrogens (primary N) is 1. The largest absolute Gasteiger partial charge is 0.329 e. The fourth-order valence-electron chi connectivity index (χ4n) is 1.34. The first-order valence-corrected chi connectivity index (χ1v) is 6.39. The van der Waals surface area contributed by atoms with Gasteiger partial charge in [-0.3, -0.25) is 4.90 Å². The minimum atomic E-state index is 0. The van der Waals surface area contributed by atoms with Crippen molar-refractivity contribution < 1.29 is 0 Å². The van der Waals surface area contributed by atoms with E-state index in [1.54, 1.807) is 11.3 Å². The van der Waals surface area contributed by atoms with Gasteiger partial charge in [-0.05, 0) is 20.4 Å². The van der Waals surface area contributed by atoms with Gasteiger partial charge >= 0.3 is 0 Å². The van der Waals surface area contributed by atoms with Crippen LogP contribution < -0.4 is 5.73 Å². The van der Waals surface area contributed by atoms with Crippen LogP contribution in [0, 0.1) is 0 Å². The third kappa shape index (κ3) is 4.78. The van der Waals surface area contributed by atoms with Crippen molar-refractivity contribution >= 4 is 23.7 Å². The van der Waals surface area contributed by atoms with Crippen LogP contribution in [0.25, 0.3) is 0 Å². The van der Waals surface area contributed by atoms with Gasteiger partial charge in [0, 0.05) is 18.0 Å². The van der Waals surface area contributed by atoms with E-state index in [-0.39, 0.29) is 12.4 Å². The summed E-state index contributed by atoms with van der Waals surface area (Å²) in [4.78, 5) is 6.84. The maximum absolute atomic E-state index is 5.62. The van der Waals surface area contributed by atoms with Crippen molar-refractivity contribution in [1.29, 1.82) is 0 Å². The molecule has 2 N–H and O–H groups in total. The smallest absolute Gasteiger partial charge is 0.107 e. The highest BCUT2D eigenvalue weighted by Gasteiger charge is 2.09. The Bertz CT molecular complexity index is 291. The summed E-state index contributed by atoms with van der Waals surface area (Å²) in [5, 5.41) is 3.36. The van der Waals surface area contributed by atoms with E-state index < -0.39 is 0 Å². The average molecular weight is 264 g/mol. The van der Waals surface area contributed by atoms with Crippen molar-refractivity contribution in [3.63, 3.8) is 0 Å². The molecular weight excluding hydrogens is 242 g/mol. The molecule has 1 heterocycles. The zero-order valence-electron chi connectivity index (χ0n) is 10.3. The van der Waals surface area contributed by atoms with Crippen LogP contribution in [-0.2, 0) is 13.0 Å². The highest BCUT2D eigenvalue weighted by atomic mass is 35.5. The summed E-state index contributed by atoms with van der Waals surface area (Å²) >= 11 is 1.75. The van der Waals surface area contributed by atoms with E-state index in [0.29, 0.717) is 12.6 Å². The molecule has 5 heteroatoms. The lowest BCUT2D eigenvalue weighted by atomic mass is 10.3. The molecule has 1 unspecified atom stereocenters. The predicted molar refractivity (Wildman–Crippen MR) is 73.3 cm³/mol. The van der Waals surface area contributed by atoms with Gasteiger partial charge in [0.2, 0.25) is 0 Å². The van der Waals surface area contributed by atoms with Gasteiger partial charge in [-0.1, -0.05) is 13.3 Å². The van der Waals surface area contributed by atoms with Gasteiger partial charge in [0.15, 0.2) is 0 Å². The van der Waals surface area contributed by atoms with E-state index in [1.807, 2.05) is 0 Å². The van der Waals surface area contributed by atoms with Gasteiger partial charge < -0.3 is 5.73 Å². The Hall–Kier alpha value is -0.160. The molecule has 0 aromatic carbocycles. The Balaban J connectivity index is 0.00000225. The van der Waals surface area contributed by atoms with E-state index >= 15 is 0 Å². The van der Waals surface area contributed by atoms with Crippen LogP contribution >= 0.6 is 23.7 Å². The molecule has 1 atom stereocenters. The number of halogens is 1. The minimum Gasteiger partial charge on any atom is -0.329 e. The van der Waals surface area contributed by atoms with Crippen LogP contribution in [0.3, 0.4) is 0 Å². The third-order valence-electron chi connectivity index (χ3n) is 2.58. The molecule has 94 valence electrons. The Morgan fingerprint density at radius 2 is 2.25 bits per heavy atom. The molecule has 0 aliphatic heterocycles. The Morgan fingerprint density at radius 3 is 2.81 bits per heavy atom. The van der Waals surface area contributed by atoms with Crippen LogP contribution in [0.5, 0.6) is 0 Å². The fourth-order valence-corrected chi connectivity index (χ4v) is 2.23. The fraction of sp³-hybridized carbons (Fsp3) is 0.727. The number of nitrogens with zero attached hydrogens (tertiary/aromatic N) is 2. The molecule has 0 amide bonds. The normalized spacial score (nSPS) is 12.6. The van der Waals surface area contributed by atoms with Crippen molar-refractivity contribution in [2.24, 2.45) is 5.73 Å². The van der Waals surface area contributed by atoms with Gasteiger partial charge in [-0.25, -0.2) is 4.98 Å². The number of hydrogen-bond acceptors (Lipinski definition) is 4. The topological polar surface area (TPSA) is 42.1 Å². The molecule has 0 aliphatic carbocycles. The summed E-state index contributed by atoms with van der Waals surface area (Å²) in [6.07, 6.45) is 2.25. The second-order valence-corrected chi connectivity index (χ2v) is 4.93. The predicted octanol–water partition coefficient (Wildman–Crippen LogP) is 2.30. The Labute approximate surface area is 108 Å². The molecule has 3 nitrogen and oxygen atoms in total. The van der Waals surface area contributed by atoms with Crippen molar-refractivity contribution in [1.82, 2.24) is 9.88 Å². The number of rotatable bonds is 6. The van der Waals surface area contributed by atoms with Crippen molar-refractivity contribution in [3.05, 3.63) is 16.1 Å². The zero-order chi connectivity index (χ0) is 11.3. The highest BCUT2D eigenvalue weighted by molar-refractivity contribution is 7.09. The lowest BCUT2D eigenvalue weighted by Crippen LogP contribution is -2.34. The molecule has 0 spiro atoms. The van der Waals surface area contributed by atoms with Gasteiger partial charge in [0.1, 0.15) is 5.01 Å². The number of hydrogen-bond donors (Lipinski definition) is 1. The summed E-state index contributed by atoms with van der Waals surface area (Å²) in [5.41, 5.74) is 6.85. The molecule has 1 aromatic heterocycles. The van der Waals surface area contributed by atoms with Gasteiger partial charge in [0.25, 0.3) is 0 Å². The molecule has 0 saturated carbocycles. The number of aromatic nitrogens is 1. The average Bonchev–Trinajstić information content (AvgIpc) is 2.65. The summed E-state index contributed by atoms with van der Waals surface area (Å²) in [6.45, 7) is 5.93. The molecule has 0 bridgehead atoms. The molecule has 0 radical (unpaired) electrons. The van der Waals surface area contributed by atoms with Crippen LogP contribution in [0.1, 0.15) is 31.0 Å². The van der Waals surface area contributed by atoms with Crippen LogP contribution in [0.4, 0.5) is 0 Å². The molecular formula is C11H22ClN3S. The van der Waals surface area contributed by atoms with Gasteiger partial charge in [0.05, 0.1) is 12.2 Å². The maximum atomic E-state index is 5.62. The highest BCUT2D eigenvalue weighted by Crippen LogP contribution is 2.13. The van der Waals surface area contributed by atoms with E-state index in [0.717, 1.165) is 19.4 Å². The summed E-state index contributed by atoms with van der Waals surface area (Å²) in [7, 11) is 2.10. The molecule has 0 aliphatic rings. The van der Waals surface area contributed by atoms with Crippen LogP contribution in [0.15, 0.2) is 5.38 Å². The zero-order valence-corrected chi connectivity index (χ0v) is 11.9. The molecule has 0 fully saturated rings. The van der Waals surface area contributed by atoms with Crippen molar-refractivity contribution in [2.45, 2.75) is 39.3 Å². The molecule has 0 saturated heterocycles. The Kier molecular flexibility index (Phi) is 7.93. The summed E-state index contributed by atoms with van der Waals surface area (Å²) in [5.74, 6) is 0. The number of aryl methyl sites for hydroxylation is 1. The first-order chi connectivity index (χ1) is 7.17. The first kappa shape index (κ1) is 15.8. The molecule has 1 rings (SSSR count). The third-order valence-corrected chi connectivity index (χ3v) is 3.47. The standard InChI is InChI=1S/C11H21N3S.ClH/c1-4-5-10-8-15-11(13-10)7-14(3)9(2)6-12;/h8-9H,4-7,12H2,1-3H3;1H. The lowest BCUT2D eigenvalue weighted by molar-refractivity contribution is 0.254. The second kappa shape index (κ2) is 8.01. The first-order valence-electron chi connectivity index (χ1n) is 5.51. The van der Waals surface area contributed by atoms with E-state index in [2.05, 4.69) is 36.2 Å². The Morgan fingerprint density at radius 1 is 1.56 bits per heavy atom. The number of likely N-dealkylation sites (N-methyl/N-ethyl adjacent to an activating group) is 1. The quantitative estimate of drug-likeness (QED) is 0.856. The summed E-state index contributed by atoms with van der Waals surface area (Å²) in [6, 6.07) is 0.420. The van der Waals surface area contributed by atoms with Gasteiger partial charge in [-0.2, -0.15) is 0 Å². The van der Waals surface area contributed by atoms with Crippen molar-refractivity contribution in [2.75, 3.05) is 13.6 Å². The SMILES string of the molecule is CCCc1csc(CN(C)C(C)CN)n1.Cl. The summed E-state index contributed by atoms with van der Waals surface area (Å²) < 4.78 is 0. The van der Waals surface area contributed by atoms with E-state index in [9.17, 15) is 0 Å². The lowest BCUT2D eigenvalue weighted by Gasteiger charge is -2.21. The van der Waals surface area contributed by atoms with Crippen LogP contribution in [0.2, 0.25) is 0 Å². The van der Waals surface area contributed by atoms with Crippen LogP contribution in [-0.4, -0.2) is 29.5 Å².